The summed E-state index contributed by atoms with van der Waals surface area (Å²) < 4.78 is 22.6. The van der Waals surface area contributed by atoms with Crippen molar-refractivity contribution in [1.29, 1.82) is 0 Å². The lowest BCUT2D eigenvalue weighted by Crippen LogP contribution is -2.42. The number of carboxylic acid groups (broad SMARTS) is 1. The number of piperidine rings is 1. The molecule has 3 aromatic rings. The monoisotopic (exact) mass is 531 g/mol. The molecule has 1 unspecified atom stereocenters. The van der Waals surface area contributed by atoms with Gasteiger partial charge < -0.3 is 20.5 Å². The number of thiophene rings is 1. The lowest BCUT2D eigenvalue weighted by molar-refractivity contribution is -0.141. The summed E-state index contributed by atoms with van der Waals surface area (Å²) in [6.45, 7) is 2.86. The summed E-state index contributed by atoms with van der Waals surface area (Å²) in [7, 11) is 1.58. The number of hydrogen-bond donors (Lipinski definition) is 2. The number of aromatic nitrogens is 1. The van der Waals surface area contributed by atoms with Gasteiger partial charge in [0, 0.05) is 36.0 Å². The van der Waals surface area contributed by atoms with E-state index in [0.29, 0.717) is 34.2 Å². The number of nitrogens with two attached hydrogens (primary N) is 1. The van der Waals surface area contributed by atoms with Gasteiger partial charge in [0.1, 0.15) is 11.9 Å². The quantitative estimate of drug-likeness (QED) is 0.281. The van der Waals surface area contributed by atoms with Crippen LogP contribution in [-0.2, 0) is 11.3 Å². The van der Waals surface area contributed by atoms with E-state index in [1.807, 2.05) is 30.0 Å². The Balaban J connectivity index is 1.43. The lowest BCUT2D eigenvalue weighted by atomic mass is 9.71. The Labute approximate surface area is 220 Å². The number of carbonyl (C=O) groups is 1. The van der Waals surface area contributed by atoms with Crippen molar-refractivity contribution in [3.05, 3.63) is 53.0 Å². The average molecular weight is 532 g/mol. The minimum Gasteiger partial charge on any atom is -0.497 e. The number of benzene rings is 1. The van der Waals surface area contributed by atoms with Crippen LogP contribution in [-0.4, -0.2) is 53.5 Å². The molecule has 3 heterocycles. The first-order valence-corrected chi connectivity index (χ1v) is 14.2. The molecule has 1 aliphatic heterocycles. The second kappa shape index (κ2) is 12.4. The number of fused-ring (bicyclic) bond motifs is 1. The zero-order valence-corrected chi connectivity index (χ0v) is 22.3. The van der Waals surface area contributed by atoms with Crippen LogP contribution in [0.4, 0.5) is 4.39 Å². The Hall–Kier alpha value is -2.20. The molecule has 1 saturated heterocycles. The highest BCUT2D eigenvalue weighted by molar-refractivity contribution is 8.01. The second-order valence-electron chi connectivity index (χ2n) is 9.48. The fourth-order valence-corrected chi connectivity index (χ4v) is 7.04. The number of thioether (sulfide) groups is 1. The summed E-state index contributed by atoms with van der Waals surface area (Å²) in [5.41, 5.74) is 7.47. The maximum atomic E-state index is 15.9. The number of ether oxygens (including phenoxy) is 1. The van der Waals surface area contributed by atoms with Gasteiger partial charge in [0.2, 0.25) is 0 Å². The minimum absolute atomic E-state index is 0.0756. The Kier molecular flexibility index (Phi) is 9.22. The van der Waals surface area contributed by atoms with Crippen LogP contribution in [0.3, 0.4) is 0 Å². The summed E-state index contributed by atoms with van der Waals surface area (Å²) in [4.78, 5) is 18.6. The normalized spacial score (nSPS) is 16.8. The molecule has 0 aliphatic carbocycles. The van der Waals surface area contributed by atoms with Crippen LogP contribution in [0.1, 0.15) is 49.4 Å². The van der Waals surface area contributed by atoms with E-state index in [2.05, 4.69) is 27.4 Å². The SMILES string of the molecule is COc1ccc2ncc(CN)c(C(F)CCC3(CC(=O)O)CCN(CCSc4cccs4)CC3)c2c1. The van der Waals surface area contributed by atoms with Gasteiger partial charge in [0.15, 0.2) is 0 Å². The largest absolute Gasteiger partial charge is 0.497 e. The predicted octanol–water partition coefficient (Wildman–Crippen LogP) is 5.90. The molecule has 1 aromatic carbocycles. The van der Waals surface area contributed by atoms with Gasteiger partial charge in [-0.2, -0.15) is 0 Å². The van der Waals surface area contributed by atoms with Crippen molar-refractivity contribution >= 4 is 40.0 Å². The van der Waals surface area contributed by atoms with Gasteiger partial charge in [-0.05, 0) is 79.4 Å². The van der Waals surface area contributed by atoms with Crippen molar-refractivity contribution in [2.45, 2.75) is 49.0 Å². The topological polar surface area (TPSA) is 88.7 Å². The highest BCUT2D eigenvalue weighted by Crippen LogP contribution is 2.43. The Morgan fingerprint density at radius 1 is 1.36 bits per heavy atom. The fraction of sp³-hybridized carbons (Fsp3) is 0.481. The van der Waals surface area contributed by atoms with E-state index in [-0.39, 0.29) is 19.4 Å². The predicted molar refractivity (Wildman–Crippen MR) is 145 cm³/mol. The molecule has 0 saturated carbocycles. The van der Waals surface area contributed by atoms with Crippen LogP contribution in [0.5, 0.6) is 5.75 Å². The van der Waals surface area contributed by atoms with Gasteiger partial charge in [-0.15, -0.1) is 23.1 Å². The first-order valence-electron chi connectivity index (χ1n) is 12.3. The van der Waals surface area contributed by atoms with Gasteiger partial charge in [-0.3, -0.25) is 9.78 Å². The van der Waals surface area contributed by atoms with E-state index in [1.165, 1.54) is 4.21 Å². The number of nitrogens with zero attached hydrogens (tertiary/aromatic N) is 2. The highest BCUT2D eigenvalue weighted by atomic mass is 32.2. The van der Waals surface area contributed by atoms with Crippen LogP contribution < -0.4 is 10.5 Å². The third kappa shape index (κ3) is 6.56. The molecule has 1 atom stereocenters. The van der Waals surface area contributed by atoms with Crippen molar-refractivity contribution in [1.82, 2.24) is 9.88 Å². The summed E-state index contributed by atoms with van der Waals surface area (Å²) >= 11 is 3.61. The molecule has 0 spiro atoms. The number of hydrogen-bond acceptors (Lipinski definition) is 7. The van der Waals surface area contributed by atoms with Crippen molar-refractivity contribution < 1.29 is 19.0 Å². The molecule has 9 heteroatoms. The molecular formula is C27H34FN3O3S2. The van der Waals surface area contributed by atoms with Gasteiger partial charge in [0.05, 0.1) is 23.3 Å². The standard InChI is InChI=1S/C27H34FN3O3S2/c1-34-20-4-5-23-21(15-20)26(19(17-29)18-30-23)22(28)6-7-27(16-24(32)33)8-10-31(11-9-27)12-14-36-25-3-2-13-35-25/h2-5,13,15,18,22H,6-12,14,16-17,29H2,1H3,(H,32,33). The zero-order valence-electron chi connectivity index (χ0n) is 20.6. The first-order chi connectivity index (χ1) is 17.4. The average Bonchev–Trinajstić information content (AvgIpc) is 3.40. The number of alkyl halides is 1. The van der Waals surface area contributed by atoms with E-state index < -0.39 is 17.6 Å². The van der Waals surface area contributed by atoms with Crippen LogP contribution in [0.2, 0.25) is 0 Å². The van der Waals surface area contributed by atoms with Crippen molar-refractivity contribution in [3.63, 3.8) is 0 Å². The van der Waals surface area contributed by atoms with Crippen molar-refractivity contribution in [2.24, 2.45) is 11.1 Å². The molecular weight excluding hydrogens is 497 g/mol. The first kappa shape index (κ1) is 26.9. The molecule has 1 fully saturated rings. The maximum absolute atomic E-state index is 15.9. The molecule has 0 radical (unpaired) electrons. The lowest BCUT2D eigenvalue weighted by Gasteiger charge is -2.41. The summed E-state index contributed by atoms with van der Waals surface area (Å²) in [6, 6.07) is 9.64. The van der Waals surface area contributed by atoms with Gasteiger partial charge >= 0.3 is 5.97 Å². The molecule has 36 heavy (non-hydrogen) atoms. The van der Waals surface area contributed by atoms with Crippen LogP contribution in [0, 0.1) is 5.41 Å². The molecule has 4 rings (SSSR count). The fourth-order valence-electron chi connectivity index (χ4n) is 5.18. The molecule has 3 N–H and O–H groups in total. The second-order valence-corrected chi connectivity index (χ2v) is 11.8. The number of likely N-dealkylation sites (tertiary alicyclic amines) is 1. The van der Waals surface area contributed by atoms with E-state index in [0.717, 1.165) is 38.2 Å². The summed E-state index contributed by atoms with van der Waals surface area (Å²) in [6.07, 6.45) is 2.78. The molecule has 194 valence electrons. The van der Waals surface area contributed by atoms with E-state index in [1.54, 1.807) is 24.6 Å². The zero-order chi connectivity index (χ0) is 25.5. The van der Waals surface area contributed by atoms with Crippen LogP contribution in [0.25, 0.3) is 10.9 Å². The third-order valence-corrected chi connectivity index (χ3v) is 9.36. The number of aliphatic carboxylic acids is 1. The Morgan fingerprint density at radius 3 is 2.83 bits per heavy atom. The van der Waals surface area contributed by atoms with Gasteiger partial charge in [0.25, 0.3) is 0 Å². The minimum atomic E-state index is -1.26. The molecule has 1 aliphatic rings. The third-order valence-electron chi connectivity index (χ3n) is 7.25. The number of methoxy groups -OCH3 is 1. The van der Waals surface area contributed by atoms with Gasteiger partial charge in [-0.25, -0.2) is 4.39 Å². The molecule has 0 amide bonds. The Morgan fingerprint density at radius 2 is 2.17 bits per heavy atom. The summed E-state index contributed by atoms with van der Waals surface area (Å²) in [5.74, 6) is 0.840. The summed E-state index contributed by atoms with van der Waals surface area (Å²) in [5, 5.41) is 12.4. The van der Waals surface area contributed by atoms with E-state index >= 15 is 4.39 Å². The molecule has 0 bridgehead atoms. The number of halogens is 1. The van der Waals surface area contributed by atoms with Gasteiger partial charge in [-0.1, -0.05) is 6.07 Å². The number of carboxylic acids is 1. The number of rotatable bonds is 12. The molecule has 2 aromatic heterocycles. The van der Waals surface area contributed by atoms with E-state index in [9.17, 15) is 9.90 Å². The number of pyridine rings is 1. The van der Waals surface area contributed by atoms with E-state index in [4.69, 9.17) is 10.5 Å². The van der Waals surface area contributed by atoms with Crippen LogP contribution >= 0.6 is 23.1 Å². The van der Waals surface area contributed by atoms with Crippen molar-refractivity contribution in [3.8, 4) is 5.75 Å². The van der Waals surface area contributed by atoms with Crippen LogP contribution in [0.15, 0.2) is 46.1 Å². The highest BCUT2D eigenvalue weighted by Gasteiger charge is 2.37. The molecule has 6 nitrogen and oxygen atoms in total. The Bertz CT molecular complexity index is 1150. The smallest absolute Gasteiger partial charge is 0.303 e. The van der Waals surface area contributed by atoms with Crippen molar-refractivity contribution in [2.75, 3.05) is 32.5 Å². The maximum Gasteiger partial charge on any atom is 0.303 e.